The van der Waals surface area contributed by atoms with E-state index in [2.05, 4.69) is 9.97 Å². The number of H-pyrrole nitrogens is 1. The topological polar surface area (TPSA) is 64.2 Å². The first-order valence-electron chi connectivity index (χ1n) is 6.78. The third kappa shape index (κ3) is 2.20. The van der Waals surface area contributed by atoms with E-state index in [4.69, 9.17) is 9.47 Å². The van der Waals surface area contributed by atoms with Crippen LogP contribution in [0.2, 0.25) is 0 Å². The predicted octanol–water partition coefficient (Wildman–Crippen LogP) is 3.21. The van der Waals surface area contributed by atoms with Gasteiger partial charge in [0.1, 0.15) is 11.4 Å². The first-order chi connectivity index (χ1) is 10.1. The van der Waals surface area contributed by atoms with E-state index in [1.807, 2.05) is 25.1 Å². The number of nitrogens with zero attached hydrogens (tertiary/aromatic N) is 1. The zero-order chi connectivity index (χ0) is 15.0. The fourth-order valence-electron chi connectivity index (χ4n) is 2.48. The Morgan fingerprint density at radius 3 is 2.81 bits per heavy atom. The summed E-state index contributed by atoms with van der Waals surface area (Å²) in [5, 5.41) is 1.99. The van der Waals surface area contributed by atoms with Crippen LogP contribution in [0.25, 0.3) is 21.8 Å². The molecule has 0 spiro atoms. The second kappa shape index (κ2) is 5.09. The van der Waals surface area contributed by atoms with Gasteiger partial charge in [0.05, 0.1) is 30.4 Å². The van der Waals surface area contributed by atoms with Crippen LogP contribution < -0.4 is 4.74 Å². The highest BCUT2D eigenvalue weighted by Gasteiger charge is 2.14. The number of benzene rings is 1. The fourth-order valence-corrected chi connectivity index (χ4v) is 2.48. The molecule has 0 saturated heterocycles. The van der Waals surface area contributed by atoms with Crippen LogP contribution in [0.1, 0.15) is 23.1 Å². The van der Waals surface area contributed by atoms with Gasteiger partial charge in [-0.15, -0.1) is 0 Å². The van der Waals surface area contributed by atoms with Crippen LogP contribution in [0.3, 0.4) is 0 Å². The molecule has 2 aromatic heterocycles. The molecule has 3 aromatic rings. The smallest absolute Gasteiger partial charge is 0.356 e. The Bertz CT molecular complexity index is 836. The molecule has 0 atom stereocenters. The molecule has 21 heavy (non-hydrogen) atoms. The molecule has 0 saturated carbocycles. The van der Waals surface area contributed by atoms with E-state index in [0.717, 1.165) is 33.2 Å². The highest BCUT2D eigenvalue weighted by Crippen LogP contribution is 2.30. The molecule has 108 valence electrons. The van der Waals surface area contributed by atoms with Crippen molar-refractivity contribution in [1.82, 2.24) is 9.97 Å². The van der Waals surface area contributed by atoms with Gasteiger partial charge in [-0.25, -0.2) is 9.78 Å². The molecule has 0 amide bonds. The van der Waals surface area contributed by atoms with Crippen LogP contribution in [0.5, 0.6) is 5.75 Å². The molecule has 0 aliphatic rings. The number of nitrogens with one attached hydrogen (secondary N) is 1. The summed E-state index contributed by atoms with van der Waals surface area (Å²) in [5.74, 6) is 0.385. The van der Waals surface area contributed by atoms with Crippen molar-refractivity contribution in [3.8, 4) is 5.75 Å². The van der Waals surface area contributed by atoms with E-state index in [1.165, 1.54) is 0 Å². The predicted molar refractivity (Wildman–Crippen MR) is 80.8 cm³/mol. The van der Waals surface area contributed by atoms with Crippen LogP contribution in [-0.4, -0.2) is 29.7 Å². The minimum Gasteiger partial charge on any atom is -0.497 e. The maximum absolute atomic E-state index is 11.9. The second-order valence-electron chi connectivity index (χ2n) is 4.77. The van der Waals surface area contributed by atoms with Crippen LogP contribution in [0.4, 0.5) is 0 Å². The van der Waals surface area contributed by atoms with Gasteiger partial charge in [-0.1, -0.05) is 0 Å². The van der Waals surface area contributed by atoms with E-state index < -0.39 is 5.97 Å². The van der Waals surface area contributed by atoms with Gasteiger partial charge in [-0.2, -0.15) is 0 Å². The number of methoxy groups -OCH3 is 1. The molecule has 0 bridgehead atoms. The molecule has 0 aliphatic heterocycles. The van der Waals surface area contributed by atoms with E-state index >= 15 is 0 Å². The van der Waals surface area contributed by atoms with Crippen LogP contribution in [0, 0.1) is 6.92 Å². The van der Waals surface area contributed by atoms with Crippen LogP contribution >= 0.6 is 0 Å². The number of rotatable bonds is 3. The summed E-state index contributed by atoms with van der Waals surface area (Å²) >= 11 is 0. The van der Waals surface area contributed by atoms with Gasteiger partial charge >= 0.3 is 5.97 Å². The first-order valence-corrected chi connectivity index (χ1v) is 6.78. The summed E-state index contributed by atoms with van der Waals surface area (Å²) in [7, 11) is 1.63. The average molecular weight is 284 g/mol. The fraction of sp³-hybridized carbons (Fsp3) is 0.250. The SMILES string of the molecule is CCOC(=O)c1cc2c([nH]c3cc(OC)ccc32)c(C)n1. The largest absolute Gasteiger partial charge is 0.497 e. The molecule has 2 heterocycles. The molecule has 0 aliphatic carbocycles. The lowest BCUT2D eigenvalue weighted by atomic mass is 10.1. The number of hydrogen-bond donors (Lipinski definition) is 1. The zero-order valence-corrected chi connectivity index (χ0v) is 12.2. The zero-order valence-electron chi connectivity index (χ0n) is 12.2. The summed E-state index contributed by atoms with van der Waals surface area (Å²) in [5.41, 5.74) is 2.98. The third-order valence-electron chi connectivity index (χ3n) is 3.46. The van der Waals surface area contributed by atoms with Gasteiger partial charge in [0.15, 0.2) is 0 Å². The normalized spacial score (nSPS) is 11.0. The minimum atomic E-state index is -0.398. The molecule has 0 unspecified atom stereocenters. The van der Waals surface area contributed by atoms with Gasteiger partial charge in [0.25, 0.3) is 0 Å². The molecular formula is C16H16N2O3. The Morgan fingerprint density at radius 2 is 2.10 bits per heavy atom. The average Bonchev–Trinajstić information content (AvgIpc) is 2.85. The molecule has 5 nitrogen and oxygen atoms in total. The van der Waals surface area contributed by atoms with Gasteiger partial charge in [0.2, 0.25) is 0 Å². The summed E-state index contributed by atoms with van der Waals surface area (Å²) in [6, 6.07) is 7.57. The second-order valence-corrected chi connectivity index (χ2v) is 4.77. The number of carbonyl (C=O) groups excluding carboxylic acids is 1. The van der Waals surface area contributed by atoms with Gasteiger partial charge in [-0.05, 0) is 32.0 Å². The maximum atomic E-state index is 11.9. The molecule has 5 heteroatoms. The Hall–Kier alpha value is -2.56. The van der Waals surface area contributed by atoms with Crippen molar-refractivity contribution in [2.75, 3.05) is 13.7 Å². The summed E-state index contributed by atoms with van der Waals surface area (Å²) in [6.45, 7) is 3.99. The molecule has 1 N–H and O–H groups in total. The number of fused-ring (bicyclic) bond motifs is 3. The third-order valence-corrected chi connectivity index (χ3v) is 3.46. The van der Waals surface area contributed by atoms with Gasteiger partial charge in [0, 0.05) is 16.8 Å². The van der Waals surface area contributed by atoms with Crippen molar-refractivity contribution in [2.45, 2.75) is 13.8 Å². The number of carbonyl (C=O) groups is 1. The minimum absolute atomic E-state index is 0.332. The van der Waals surface area contributed by atoms with Crippen molar-refractivity contribution in [2.24, 2.45) is 0 Å². The summed E-state index contributed by atoms with van der Waals surface area (Å²) in [6.07, 6.45) is 0. The lowest BCUT2D eigenvalue weighted by Gasteiger charge is -2.03. The Morgan fingerprint density at radius 1 is 1.29 bits per heavy atom. The number of aromatic amines is 1. The lowest BCUT2D eigenvalue weighted by molar-refractivity contribution is 0.0519. The summed E-state index contributed by atoms with van der Waals surface area (Å²) in [4.78, 5) is 19.5. The monoisotopic (exact) mass is 284 g/mol. The van der Waals surface area contributed by atoms with Gasteiger partial charge in [-0.3, -0.25) is 0 Å². The summed E-state index contributed by atoms with van der Waals surface area (Å²) < 4.78 is 10.3. The number of aryl methyl sites for hydroxylation is 1. The van der Waals surface area contributed by atoms with Gasteiger partial charge < -0.3 is 14.5 Å². The number of aromatic nitrogens is 2. The Labute approximate surface area is 121 Å². The number of hydrogen-bond acceptors (Lipinski definition) is 4. The molecule has 0 radical (unpaired) electrons. The number of pyridine rings is 1. The quantitative estimate of drug-likeness (QED) is 0.750. The van der Waals surface area contributed by atoms with Crippen molar-refractivity contribution in [1.29, 1.82) is 0 Å². The van der Waals surface area contributed by atoms with Crippen molar-refractivity contribution in [3.05, 3.63) is 35.7 Å². The number of ether oxygens (including phenoxy) is 2. The van der Waals surface area contributed by atoms with Crippen molar-refractivity contribution >= 4 is 27.8 Å². The number of esters is 1. The van der Waals surface area contributed by atoms with E-state index in [1.54, 1.807) is 20.1 Å². The Kier molecular flexibility index (Phi) is 3.25. The van der Waals surface area contributed by atoms with Crippen LogP contribution in [-0.2, 0) is 4.74 Å². The molecule has 3 rings (SSSR count). The standard InChI is InChI=1S/C16H16N2O3/c1-4-21-16(19)14-8-12-11-6-5-10(20-3)7-13(11)18-15(12)9(2)17-14/h5-8,18H,4H2,1-3H3. The Balaban J connectivity index is 2.25. The lowest BCUT2D eigenvalue weighted by Crippen LogP contribution is -2.07. The van der Waals surface area contributed by atoms with E-state index in [0.29, 0.717) is 12.3 Å². The van der Waals surface area contributed by atoms with Crippen molar-refractivity contribution in [3.63, 3.8) is 0 Å². The molecular weight excluding hydrogens is 268 g/mol. The van der Waals surface area contributed by atoms with E-state index in [9.17, 15) is 4.79 Å². The molecule has 1 aromatic carbocycles. The van der Waals surface area contributed by atoms with Crippen molar-refractivity contribution < 1.29 is 14.3 Å². The van der Waals surface area contributed by atoms with E-state index in [-0.39, 0.29) is 0 Å². The highest BCUT2D eigenvalue weighted by atomic mass is 16.5. The highest BCUT2D eigenvalue weighted by molar-refractivity contribution is 6.09. The van der Waals surface area contributed by atoms with Crippen LogP contribution in [0.15, 0.2) is 24.3 Å². The first kappa shape index (κ1) is 13.4. The maximum Gasteiger partial charge on any atom is 0.356 e. The molecule has 0 fully saturated rings.